The van der Waals surface area contributed by atoms with E-state index in [1.165, 1.54) is 40.8 Å². The van der Waals surface area contributed by atoms with E-state index in [4.69, 9.17) is 4.74 Å². The first-order chi connectivity index (χ1) is 20.7. The normalized spacial score (nSPS) is 17.5. The standard InChI is InChI=1S/C29H31BrFN7O5S/c1-29(2,3)43-27(39)33-16-11-12-17(13-16)37-24-20(36(5)28(37)40)14-32-26-21(24)22(30)23(19-15-35(4)34-25(19)31)38(26)44(41,42)18-9-7-6-8-10-18/h6-10,14-17H,11-13H2,1-5H3,(H,33,39)/t16-,17-/m1/s1. The molecule has 0 spiro atoms. The summed E-state index contributed by atoms with van der Waals surface area (Å²) in [5.41, 5.74) is -0.100. The van der Waals surface area contributed by atoms with Gasteiger partial charge in [-0.15, -0.1) is 5.10 Å². The zero-order valence-corrected chi connectivity index (χ0v) is 27.1. The fourth-order valence-electron chi connectivity index (χ4n) is 5.92. The predicted molar refractivity (Wildman–Crippen MR) is 165 cm³/mol. The molecule has 6 rings (SSSR count). The SMILES string of the molecule is Cn1cc(-c2c(Br)c3c(ncc4c3n([C@@H]3CC[C@@H](NC(=O)OC(C)(C)C)C3)c(=O)n4C)n2S(=O)(=O)c2ccccc2)c(F)n1. The quantitative estimate of drug-likeness (QED) is 0.279. The summed E-state index contributed by atoms with van der Waals surface area (Å²) < 4.78 is 54.6. The van der Waals surface area contributed by atoms with Crippen molar-refractivity contribution in [3.63, 3.8) is 0 Å². The lowest BCUT2D eigenvalue weighted by Crippen LogP contribution is -2.38. The Bertz CT molecular complexity index is 2110. The van der Waals surface area contributed by atoms with E-state index in [9.17, 15) is 18.0 Å². The Morgan fingerprint density at radius 1 is 1.16 bits per heavy atom. The smallest absolute Gasteiger partial charge is 0.407 e. The lowest BCUT2D eigenvalue weighted by Gasteiger charge is -2.22. The fraction of sp³-hybridized carbons (Fsp3) is 0.379. The summed E-state index contributed by atoms with van der Waals surface area (Å²) in [5, 5.41) is 7.04. The lowest BCUT2D eigenvalue weighted by molar-refractivity contribution is 0.0504. The van der Waals surface area contributed by atoms with Crippen molar-refractivity contribution in [2.75, 3.05) is 0 Å². The average Bonchev–Trinajstić information content (AvgIpc) is 3.67. The molecule has 1 N–H and O–H groups in total. The van der Waals surface area contributed by atoms with Crippen molar-refractivity contribution in [2.45, 2.75) is 62.6 Å². The number of amides is 1. The number of nitrogens with zero attached hydrogens (tertiary/aromatic N) is 6. The first-order valence-corrected chi connectivity index (χ1v) is 16.2. The van der Waals surface area contributed by atoms with Gasteiger partial charge >= 0.3 is 11.8 Å². The van der Waals surface area contributed by atoms with Gasteiger partial charge in [-0.2, -0.15) is 4.39 Å². The Morgan fingerprint density at radius 3 is 2.50 bits per heavy atom. The molecule has 12 nitrogen and oxygen atoms in total. The van der Waals surface area contributed by atoms with Crippen LogP contribution in [0.3, 0.4) is 0 Å². The molecule has 0 unspecified atom stereocenters. The van der Waals surface area contributed by atoms with Gasteiger partial charge in [-0.3, -0.25) is 13.8 Å². The topological polar surface area (TPSA) is 135 Å². The van der Waals surface area contributed by atoms with Gasteiger partial charge in [-0.05, 0) is 68.1 Å². The number of alkyl carbamates (subject to hydrolysis) is 1. The first-order valence-electron chi connectivity index (χ1n) is 14.0. The van der Waals surface area contributed by atoms with Gasteiger partial charge in [0.2, 0.25) is 5.95 Å². The number of aryl methyl sites for hydroxylation is 2. The maximum atomic E-state index is 15.2. The molecule has 4 aromatic heterocycles. The zero-order chi connectivity index (χ0) is 31.7. The van der Waals surface area contributed by atoms with Crippen LogP contribution < -0.4 is 11.0 Å². The third-order valence-corrected chi connectivity index (χ3v) is 10.2. The molecule has 0 saturated heterocycles. The molecule has 232 valence electrons. The number of hydrogen-bond donors (Lipinski definition) is 1. The highest BCUT2D eigenvalue weighted by atomic mass is 79.9. The number of pyridine rings is 1. The Kier molecular flexibility index (Phi) is 7.23. The van der Waals surface area contributed by atoms with Crippen LogP contribution in [0.5, 0.6) is 0 Å². The molecule has 1 fully saturated rings. The molecule has 2 atom stereocenters. The third kappa shape index (κ3) is 4.91. The Morgan fingerprint density at radius 2 is 1.86 bits per heavy atom. The summed E-state index contributed by atoms with van der Waals surface area (Å²) in [6.07, 6.45) is 3.95. The number of carbonyl (C=O) groups is 1. The van der Waals surface area contributed by atoms with Crippen LogP contribution in [-0.4, -0.2) is 54.0 Å². The number of fused-ring (bicyclic) bond motifs is 3. The maximum absolute atomic E-state index is 15.2. The third-order valence-electron chi connectivity index (χ3n) is 7.74. The minimum atomic E-state index is -4.31. The van der Waals surface area contributed by atoms with Crippen LogP contribution in [0.15, 0.2) is 56.9 Å². The van der Waals surface area contributed by atoms with Crippen molar-refractivity contribution >= 4 is 54.1 Å². The second kappa shape index (κ2) is 10.6. The number of ether oxygens (including phenoxy) is 1. The second-order valence-corrected chi connectivity index (χ2v) is 14.5. The van der Waals surface area contributed by atoms with Gasteiger partial charge in [-0.25, -0.2) is 27.0 Å². The summed E-state index contributed by atoms with van der Waals surface area (Å²) >= 11 is 3.59. The summed E-state index contributed by atoms with van der Waals surface area (Å²) in [6.45, 7) is 5.35. The van der Waals surface area contributed by atoms with E-state index in [0.717, 1.165) is 3.97 Å². The number of benzene rings is 1. The molecule has 0 radical (unpaired) electrons. The van der Waals surface area contributed by atoms with E-state index in [1.807, 2.05) is 0 Å². The van der Waals surface area contributed by atoms with E-state index < -0.39 is 27.7 Å². The summed E-state index contributed by atoms with van der Waals surface area (Å²) in [4.78, 5) is 30.7. The molecule has 1 aliphatic carbocycles. The molecule has 0 aliphatic heterocycles. The molecule has 0 bridgehead atoms. The monoisotopic (exact) mass is 687 g/mol. The molecule has 15 heteroatoms. The van der Waals surface area contributed by atoms with Crippen LogP contribution in [-0.2, 0) is 28.9 Å². The van der Waals surface area contributed by atoms with Crippen molar-refractivity contribution in [3.05, 3.63) is 63.6 Å². The Balaban J connectivity index is 1.58. The number of nitrogens with one attached hydrogen (secondary N) is 1. The van der Waals surface area contributed by atoms with Crippen LogP contribution in [0, 0.1) is 5.95 Å². The van der Waals surface area contributed by atoms with Crippen molar-refractivity contribution in [2.24, 2.45) is 14.1 Å². The highest BCUT2D eigenvalue weighted by Gasteiger charge is 2.36. The largest absolute Gasteiger partial charge is 0.444 e. The van der Waals surface area contributed by atoms with Crippen molar-refractivity contribution in [1.29, 1.82) is 0 Å². The second-order valence-electron chi connectivity index (χ2n) is 12.0. The maximum Gasteiger partial charge on any atom is 0.407 e. The molecular weight excluding hydrogens is 657 g/mol. The van der Waals surface area contributed by atoms with Gasteiger partial charge in [0.15, 0.2) is 5.65 Å². The van der Waals surface area contributed by atoms with E-state index in [-0.39, 0.29) is 44.0 Å². The molecule has 5 aromatic rings. The average molecular weight is 689 g/mol. The minimum Gasteiger partial charge on any atom is -0.444 e. The highest BCUT2D eigenvalue weighted by Crippen LogP contribution is 2.44. The molecular formula is C29H31BrFN7O5S. The summed E-state index contributed by atoms with van der Waals surface area (Å²) in [7, 11) is -1.15. The lowest BCUT2D eigenvalue weighted by atomic mass is 10.2. The number of hydrogen-bond acceptors (Lipinski definition) is 7. The van der Waals surface area contributed by atoms with Gasteiger partial charge < -0.3 is 10.1 Å². The van der Waals surface area contributed by atoms with E-state index >= 15 is 4.39 Å². The molecule has 1 amide bonds. The number of carbonyl (C=O) groups excluding carboxylic acids is 1. The first kappa shape index (κ1) is 30.1. The van der Waals surface area contributed by atoms with Crippen LogP contribution in [0.4, 0.5) is 9.18 Å². The van der Waals surface area contributed by atoms with Crippen molar-refractivity contribution < 1.29 is 22.3 Å². The summed E-state index contributed by atoms with van der Waals surface area (Å²) in [6, 6.07) is 7.23. The van der Waals surface area contributed by atoms with Crippen molar-refractivity contribution in [3.8, 4) is 11.3 Å². The molecule has 1 aromatic carbocycles. The zero-order valence-electron chi connectivity index (χ0n) is 24.7. The molecule has 1 saturated carbocycles. The highest BCUT2D eigenvalue weighted by molar-refractivity contribution is 9.10. The van der Waals surface area contributed by atoms with Gasteiger partial charge in [0.05, 0.1) is 43.2 Å². The van der Waals surface area contributed by atoms with E-state index in [1.54, 1.807) is 50.6 Å². The van der Waals surface area contributed by atoms with E-state index in [0.29, 0.717) is 35.7 Å². The van der Waals surface area contributed by atoms with Gasteiger partial charge in [0, 0.05) is 32.4 Å². The predicted octanol–water partition coefficient (Wildman–Crippen LogP) is 4.85. The fourth-order valence-corrected chi connectivity index (χ4v) is 8.30. The number of halogens is 2. The minimum absolute atomic E-state index is 0.00630. The molecule has 1 aliphatic rings. The summed E-state index contributed by atoms with van der Waals surface area (Å²) in [5.74, 6) is -0.867. The van der Waals surface area contributed by atoms with E-state index in [2.05, 4.69) is 31.3 Å². The molecule has 4 heterocycles. The van der Waals surface area contributed by atoms with Crippen LogP contribution in [0.25, 0.3) is 33.3 Å². The van der Waals surface area contributed by atoms with Gasteiger partial charge in [-0.1, -0.05) is 18.2 Å². The Hall–Kier alpha value is -3.98. The van der Waals surface area contributed by atoms with Crippen molar-refractivity contribution in [1.82, 2.24) is 33.2 Å². The van der Waals surface area contributed by atoms with Gasteiger partial charge in [0.25, 0.3) is 10.0 Å². The molecule has 44 heavy (non-hydrogen) atoms. The Labute approximate surface area is 260 Å². The number of imidazole rings is 1. The van der Waals surface area contributed by atoms with Crippen LogP contribution >= 0.6 is 15.9 Å². The van der Waals surface area contributed by atoms with Crippen LogP contribution in [0.2, 0.25) is 0 Å². The number of rotatable bonds is 5. The van der Waals surface area contributed by atoms with Crippen LogP contribution in [0.1, 0.15) is 46.1 Å². The van der Waals surface area contributed by atoms with Gasteiger partial charge in [0.1, 0.15) is 5.60 Å². The number of aromatic nitrogens is 6.